The molecule has 0 saturated heterocycles. The summed E-state index contributed by atoms with van der Waals surface area (Å²) in [5.74, 6) is 0.991. The quantitative estimate of drug-likeness (QED) is 0.739. The van der Waals surface area contributed by atoms with Gasteiger partial charge in [0.15, 0.2) is 0 Å². The van der Waals surface area contributed by atoms with Gasteiger partial charge in [0.2, 0.25) is 0 Å². The Bertz CT molecular complexity index is 718. The molecular formula is C15H14BrN3. The Morgan fingerprint density at radius 1 is 1.11 bits per heavy atom. The predicted molar refractivity (Wildman–Crippen MR) is 79.3 cm³/mol. The standard InChI is InChI=1S/C15H14BrN3/c1-11-5-2-3-6-12(11)8-9-14-18-15(16)13-7-4-10-17-19(13)14/h2-7,10H,8-9H2,1H3. The minimum Gasteiger partial charge on any atom is -0.224 e. The van der Waals surface area contributed by atoms with E-state index in [0.717, 1.165) is 28.8 Å². The average Bonchev–Trinajstić information content (AvgIpc) is 2.75. The molecular weight excluding hydrogens is 302 g/mol. The summed E-state index contributed by atoms with van der Waals surface area (Å²) in [6.07, 6.45) is 3.65. The van der Waals surface area contributed by atoms with E-state index in [9.17, 15) is 0 Å². The van der Waals surface area contributed by atoms with E-state index < -0.39 is 0 Å². The highest BCUT2D eigenvalue weighted by atomic mass is 79.9. The molecule has 2 heterocycles. The summed E-state index contributed by atoms with van der Waals surface area (Å²) in [6, 6.07) is 12.4. The van der Waals surface area contributed by atoms with Crippen LogP contribution in [-0.2, 0) is 12.8 Å². The van der Waals surface area contributed by atoms with Crippen LogP contribution in [0, 0.1) is 6.92 Å². The third-order valence-electron chi connectivity index (χ3n) is 3.31. The molecule has 0 spiro atoms. The van der Waals surface area contributed by atoms with Crippen LogP contribution in [0.2, 0.25) is 0 Å². The number of halogens is 1. The molecule has 0 aliphatic rings. The normalized spacial score (nSPS) is 11.1. The second kappa shape index (κ2) is 5.13. The van der Waals surface area contributed by atoms with Crippen molar-refractivity contribution in [2.45, 2.75) is 19.8 Å². The molecule has 3 aromatic rings. The molecule has 3 rings (SSSR count). The van der Waals surface area contributed by atoms with Crippen molar-refractivity contribution in [2.75, 3.05) is 0 Å². The lowest BCUT2D eigenvalue weighted by Crippen LogP contribution is -2.01. The van der Waals surface area contributed by atoms with E-state index in [1.54, 1.807) is 6.20 Å². The molecule has 96 valence electrons. The lowest BCUT2D eigenvalue weighted by atomic mass is 10.0. The minimum absolute atomic E-state index is 0.861. The molecule has 0 aliphatic heterocycles. The highest BCUT2D eigenvalue weighted by molar-refractivity contribution is 9.10. The monoisotopic (exact) mass is 315 g/mol. The lowest BCUT2D eigenvalue weighted by molar-refractivity contribution is 0.786. The van der Waals surface area contributed by atoms with E-state index in [1.807, 2.05) is 16.6 Å². The van der Waals surface area contributed by atoms with Crippen molar-refractivity contribution in [1.82, 2.24) is 14.6 Å². The molecule has 0 radical (unpaired) electrons. The molecule has 4 heteroatoms. The first kappa shape index (κ1) is 12.4. The summed E-state index contributed by atoms with van der Waals surface area (Å²) in [6.45, 7) is 2.15. The van der Waals surface area contributed by atoms with Gasteiger partial charge in [0, 0.05) is 12.6 Å². The van der Waals surface area contributed by atoms with Crippen LogP contribution >= 0.6 is 15.9 Å². The summed E-state index contributed by atoms with van der Waals surface area (Å²) in [4.78, 5) is 4.55. The van der Waals surface area contributed by atoms with Gasteiger partial charge in [-0.15, -0.1) is 0 Å². The number of hydrogen-bond acceptors (Lipinski definition) is 2. The van der Waals surface area contributed by atoms with E-state index >= 15 is 0 Å². The molecule has 2 aromatic heterocycles. The summed E-state index contributed by atoms with van der Waals surface area (Å²) in [5.41, 5.74) is 3.71. The van der Waals surface area contributed by atoms with Crippen molar-refractivity contribution in [2.24, 2.45) is 0 Å². The third kappa shape index (κ3) is 2.40. The first-order valence-corrected chi connectivity index (χ1v) is 7.07. The maximum atomic E-state index is 4.55. The van der Waals surface area contributed by atoms with Crippen LogP contribution in [0.4, 0.5) is 0 Å². The van der Waals surface area contributed by atoms with Crippen molar-refractivity contribution in [3.63, 3.8) is 0 Å². The van der Waals surface area contributed by atoms with Crippen LogP contribution in [0.3, 0.4) is 0 Å². The number of aryl methyl sites for hydroxylation is 3. The Morgan fingerprint density at radius 2 is 1.95 bits per heavy atom. The molecule has 0 unspecified atom stereocenters. The fourth-order valence-electron chi connectivity index (χ4n) is 2.25. The Balaban J connectivity index is 1.88. The van der Waals surface area contributed by atoms with Crippen LogP contribution in [0.5, 0.6) is 0 Å². The topological polar surface area (TPSA) is 30.2 Å². The van der Waals surface area contributed by atoms with E-state index in [1.165, 1.54) is 11.1 Å². The molecule has 0 atom stereocenters. The molecule has 0 saturated carbocycles. The molecule has 19 heavy (non-hydrogen) atoms. The first-order chi connectivity index (χ1) is 9.25. The summed E-state index contributed by atoms with van der Waals surface area (Å²) >= 11 is 3.49. The lowest BCUT2D eigenvalue weighted by Gasteiger charge is -2.04. The number of hydrogen-bond donors (Lipinski definition) is 0. The van der Waals surface area contributed by atoms with Crippen molar-refractivity contribution in [1.29, 1.82) is 0 Å². The largest absolute Gasteiger partial charge is 0.224 e. The average molecular weight is 316 g/mol. The summed E-state index contributed by atoms with van der Waals surface area (Å²) in [5, 5.41) is 4.36. The SMILES string of the molecule is Cc1ccccc1CCc1nc(Br)c2cccnn12. The number of benzene rings is 1. The van der Waals surface area contributed by atoms with Gasteiger partial charge >= 0.3 is 0 Å². The van der Waals surface area contributed by atoms with E-state index in [4.69, 9.17) is 0 Å². The van der Waals surface area contributed by atoms with Crippen LogP contribution < -0.4 is 0 Å². The number of aromatic nitrogens is 3. The Hall–Kier alpha value is -1.68. The van der Waals surface area contributed by atoms with Gasteiger partial charge in [0.05, 0.1) is 5.52 Å². The van der Waals surface area contributed by atoms with Gasteiger partial charge in [0.25, 0.3) is 0 Å². The zero-order valence-electron chi connectivity index (χ0n) is 10.7. The summed E-state index contributed by atoms with van der Waals surface area (Å²) in [7, 11) is 0. The number of nitrogens with zero attached hydrogens (tertiary/aromatic N) is 3. The molecule has 0 N–H and O–H groups in total. The van der Waals surface area contributed by atoms with Gasteiger partial charge in [-0.2, -0.15) is 5.10 Å². The Kier molecular flexibility index (Phi) is 3.34. The van der Waals surface area contributed by atoms with Crippen LogP contribution in [0.25, 0.3) is 5.52 Å². The molecule has 0 aliphatic carbocycles. The van der Waals surface area contributed by atoms with Crippen LogP contribution in [-0.4, -0.2) is 14.6 Å². The number of rotatable bonds is 3. The van der Waals surface area contributed by atoms with Gasteiger partial charge in [-0.1, -0.05) is 24.3 Å². The minimum atomic E-state index is 0.861. The zero-order chi connectivity index (χ0) is 13.2. The molecule has 3 nitrogen and oxygen atoms in total. The first-order valence-electron chi connectivity index (χ1n) is 6.28. The van der Waals surface area contributed by atoms with Gasteiger partial charge in [-0.25, -0.2) is 9.50 Å². The highest BCUT2D eigenvalue weighted by Gasteiger charge is 2.09. The highest BCUT2D eigenvalue weighted by Crippen LogP contribution is 2.19. The fourth-order valence-corrected chi connectivity index (χ4v) is 2.76. The fraction of sp³-hybridized carbons (Fsp3) is 0.200. The maximum Gasteiger partial charge on any atom is 0.134 e. The number of fused-ring (bicyclic) bond motifs is 1. The van der Waals surface area contributed by atoms with Crippen LogP contribution in [0.1, 0.15) is 17.0 Å². The smallest absolute Gasteiger partial charge is 0.134 e. The van der Waals surface area contributed by atoms with Crippen molar-refractivity contribution in [3.05, 3.63) is 64.1 Å². The van der Waals surface area contributed by atoms with E-state index in [-0.39, 0.29) is 0 Å². The predicted octanol–water partition coefficient (Wildman–Crippen LogP) is 3.59. The van der Waals surface area contributed by atoms with Gasteiger partial charge in [0.1, 0.15) is 10.4 Å². The molecule has 0 bridgehead atoms. The summed E-state index contributed by atoms with van der Waals surface area (Å²) < 4.78 is 2.77. The van der Waals surface area contributed by atoms with Gasteiger partial charge in [-0.05, 0) is 52.5 Å². The second-order valence-corrected chi connectivity index (χ2v) is 5.32. The molecule has 1 aromatic carbocycles. The van der Waals surface area contributed by atoms with Crippen molar-refractivity contribution < 1.29 is 0 Å². The van der Waals surface area contributed by atoms with Crippen LogP contribution in [0.15, 0.2) is 47.2 Å². The van der Waals surface area contributed by atoms with E-state index in [2.05, 4.69) is 57.2 Å². The number of imidazole rings is 1. The van der Waals surface area contributed by atoms with Crippen molar-refractivity contribution in [3.8, 4) is 0 Å². The second-order valence-electron chi connectivity index (χ2n) is 4.57. The Labute approximate surface area is 120 Å². The zero-order valence-corrected chi connectivity index (χ0v) is 12.3. The maximum absolute atomic E-state index is 4.55. The van der Waals surface area contributed by atoms with Gasteiger partial charge in [-0.3, -0.25) is 0 Å². The third-order valence-corrected chi connectivity index (χ3v) is 3.90. The Morgan fingerprint density at radius 3 is 2.79 bits per heavy atom. The van der Waals surface area contributed by atoms with Crippen molar-refractivity contribution >= 4 is 21.4 Å². The van der Waals surface area contributed by atoms with E-state index in [0.29, 0.717) is 0 Å². The molecule has 0 fully saturated rings. The molecule has 0 amide bonds. The van der Waals surface area contributed by atoms with Gasteiger partial charge < -0.3 is 0 Å².